The van der Waals surface area contributed by atoms with Gasteiger partial charge in [-0.1, -0.05) is 66.7 Å². The predicted molar refractivity (Wildman–Crippen MR) is 131 cm³/mol. The third kappa shape index (κ3) is 5.64. The van der Waals surface area contributed by atoms with Gasteiger partial charge in [0.15, 0.2) is 0 Å². The fourth-order valence-electron chi connectivity index (χ4n) is 4.17. The number of aryl methyl sites for hydroxylation is 4. The number of hydrogen-bond donors (Lipinski definition) is 1. The molecule has 32 heavy (non-hydrogen) atoms. The molecule has 0 unspecified atom stereocenters. The summed E-state index contributed by atoms with van der Waals surface area (Å²) >= 11 is 0. The van der Waals surface area contributed by atoms with E-state index in [9.17, 15) is 4.79 Å². The fraction of sp³-hybridized carbons (Fsp3) is 0.286. The maximum atomic E-state index is 12.3. The van der Waals surface area contributed by atoms with Crippen LogP contribution >= 0.6 is 0 Å². The second-order valence-electron chi connectivity index (χ2n) is 8.31. The van der Waals surface area contributed by atoms with Crippen LogP contribution in [0.5, 0.6) is 0 Å². The molecule has 4 nitrogen and oxygen atoms in total. The Balaban J connectivity index is 1.32. The molecule has 0 spiro atoms. The van der Waals surface area contributed by atoms with E-state index in [0.29, 0.717) is 13.0 Å². The molecular formula is C28H31N3O. The van der Waals surface area contributed by atoms with E-state index in [-0.39, 0.29) is 5.91 Å². The second-order valence-corrected chi connectivity index (χ2v) is 8.31. The lowest BCUT2D eigenvalue weighted by Gasteiger charge is -2.10. The molecular weight excluding hydrogens is 394 g/mol. The first-order valence-corrected chi connectivity index (χ1v) is 11.5. The van der Waals surface area contributed by atoms with Gasteiger partial charge < -0.3 is 9.88 Å². The number of carbonyl (C=O) groups is 1. The van der Waals surface area contributed by atoms with Gasteiger partial charge in [0.05, 0.1) is 17.5 Å². The highest BCUT2D eigenvalue weighted by Gasteiger charge is 2.11. The number of hydrogen-bond acceptors (Lipinski definition) is 2. The molecule has 164 valence electrons. The lowest BCUT2D eigenvalue weighted by molar-refractivity contribution is -0.120. The first-order valence-electron chi connectivity index (χ1n) is 11.5. The number of fused-ring (bicyclic) bond motifs is 1. The number of amides is 1. The number of aromatic nitrogens is 2. The lowest BCUT2D eigenvalue weighted by atomic mass is 10.1. The van der Waals surface area contributed by atoms with Crippen LogP contribution in [-0.4, -0.2) is 22.0 Å². The van der Waals surface area contributed by atoms with Crippen LogP contribution in [0.4, 0.5) is 0 Å². The quantitative estimate of drug-likeness (QED) is 0.352. The molecule has 4 aromatic rings. The van der Waals surface area contributed by atoms with Crippen LogP contribution in [0.3, 0.4) is 0 Å². The summed E-state index contributed by atoms with van der Waals surface area (Å²) in [7, 11) is 0. The summed E-state index contributed by atoms with van der Waals surface area (Å²) in [5, 5.41) is 3.07. The van der Waals surface area contributed by atoms with Crippen molar-refractivity contribution in [1.82, 2.24) is 14.9 Å². The van der Waals surface area contributed by atoms with Gasteiger partial charge in [0.25, 0.3) is 0 Å². The maximum absolute atomic E-state index is 12.3. The Morgan fingerprint density at radius 1 is 0.875 bits per heavy atom. The summed E-state index contributed by atoms with van der Waals surface area (Å²) in [4.78, 5) is 17.2. The Kier molecular flexibility index (Phi) is 7.34. The van der Waals surface area contributed by atoms with Gasteiger partial charge >= 0.3 is 0 Å². The number of para-hydroxylation sites is 2. The smallest absolute Gasteiger partial charge is 0.224 e. The zero-order chi connectivity index (χ0) is 22.2. The highest BCUT2D eigenvalue weighted by Crippen LogP contribution is 2.18. The zero-order valence-electron chi connectivity index (χ0n) is 18.8. The highest BCUT2D eigenvalue weighted by molar-refractivity contribution is 5.79. The summed E-state index contributed by atoms with van der Waals surface area (Å²) in [6, 6.07) is 27.0. The molecule has 3 aromatic carbocycles. The summed E-state index contributed by atoms with van der Waals surface area (Å²) in [6.07, 6.45) is 4.29. The van der Waals surface area contributed by atoms with Crippen LogP contribution in [0.1, 0.15) is 35.4 Å². The molecule has 0 aliphatic rings. The van der Waals surface area contributed by atoms with Crippen LogP contribution in [0.25, 0.3) is 11.0 Å². The van der Waals surface area contributed by atoms with Crippen molar-refractivity contribution in [3.05, 3.63) is 101 Å². The first-order chi connectivity index (χ1) is 15.7. The molecule has 1 N–H and O–H groups in total. The Morgan fingerprint density at radius 2 is 1.62 bits per heavy atom. The Labute approximate surface area is 190 Å². The van der Waals surface area contributed by atoms with Crippen LogP contribution in [-0.2, 0) is 30.6 Å². The van der Waals surface area contributed by atoms with Gasteiger partial charge in [0.1, 0.15) is 5.82 Å². The van der Waals surface area contributed by atoms with Crippen molar-refractivity contribution in [3.63, 3.8) is 0 Å². The molecule has 0 aliphatic heterocycles. The van der Waals surface area contributed by atoms with Gasteiger partial charge in [-0.05, 0) is 55.0 Å². The van der Waals surface area contributed by atoms with E-state index in [2.05, 4.69) is 58.4 Å². The lowest BCUT2D eigenvalue weighted by Crippen LogP contribution is -2.26. The van der Waals surface area contributed by atoms with E-state index < -0.39 is 0 Å². The van der Waals surface area contributed by atoms with Crippen molar-refractivity contribution in [2.75, 3.05) is 6.54 Å². The molecule has 0 saturated heterocycles. The first kappa shape index (κ1) is 21.8. The van der Waals surface area contributed by atoms with Crippen molar-refractivity contribution in [2.45, 2.75) is 45.6 Å². The molecule has 0 atom stereocenters. The van der Waals surface area contributed by atoms with Crippen LogP contribution in [0, 0.1) is 6.92 Å². The van der Waals surface area contributed by atoms with Crippen molar-refractivity contribution in [3.8, 4) is 0 Å². The minimum Gasteiger partial charge on any atom is -0.356 e. The minimum atomic E-state index is 0.0793. The van der Waals surface area contributed by atoms with Crippen molar-refractivity contribution >= 4 is 16.9 Å². The van der Waals surface area contributed by atoms with E-state index >= 15 is 0 Å². The van der Waals surface area contributed by atoms with Crippen molar-refractivity contribution < 1.29 is 4.79 Å². The average molecular weight is 426 g/mol. The number of imidazole rings is 1. The van der Waals surface area contributed by atoms with Gasteiger partial charge in [-0.3, -0.25) is 4.79 Å². The van der Waals surface area contributed by atoms with Gasteiger partial charge in [-0.25, -0.2) is 4.98 Å². The molecule has 0 aliphatic carbocycles. The third-order valence-corrected chi connectivity index (χ3v) is 5.94. The Morgan fingerprint density at radius 3 is 2.47 bits per heavy atom. The predicted octanol–water partition coefficient (Wildman–Crippen LogP) is 5.27. The second kappa shape index (κ2) is 10.8. The van der Waals surface area contributed by atoms with E-state index in [1.165, 1.54) is 11.1 Å². The molecule has 1 amide bonds. The fourth-order valence-corrected chi connectivity index (χ4v) is 4.17. The molecule has 4 rings (SSSR count). The van der Waals surface area contributed by atoms with E-state index in [1.807, 2.05) is 37.3 Å². The van der Waals surface area contributed by atoms with Crippen LogP contribution in [0.15, 0.2) is 78.9 Å². The SMILES string of the molecule is Cc1ccccc1CC(=O)NCCCc1nc2ccccc2n1CCCc1ccccc1. The molecule has 4 heteroatoms. The maximum Gasteiger partial charge on any atom is 0.224 e. The number of carbonyl (C=O) groups excluding carboxylic acids is 1. The molecule has 0 radical (unpaired) electrons. The van der Waals surface area contributed by atoms with E-state index in [1.54, 1.807) is 0 Å². The Bertz CT molecular complexity index is 1160. The molecule has 0 bridgehead atoms. The third-order valence-electron chi connectivity index (χ3n) is 5.94. The monoisotopic (exact) mass is 425 g/mol. The average Bonchev–Trinajstić information content (AvgIpc) is 3.16. The van der Waals surface area contributed by atoms with Gasteiger partial charge in [0.2, 0.25) is 5.91 Å². The Hall–Kier alpha value is -3.40. The van der Waals surface area contributed by atoms with Gasteiger partial charge in [-0.15, -0.1) is 0 Å². The molecule has 1 aromatic heterocycles. The zero-order valence-corrected chi connectivity index (χ0v) is 18.8. The van der Waals surface area contributed by atoms with Crippen molar-refractivity contribution in [2.24, 2.45) is 0 Å². The summed E-state index contributed by atoms with van der Waals surface area (Å²) < 4.78 is 2.35. The summed E-state index contributed by atoms with van der Waals surface area (Å²) in [5.41, 5.74) is 5.86. The topological polar surface area (TPSA) is 46.9 Å². The van der Waals surface area contributed by atoms with Crippen LogP contribution < -0.4 is 5.32 Å². The minimum absolute atomic E-state index is 0.0793. The number of nitrogens with zero attached hydrogens (tertiary/aromatic N) is 2. The number of rotatable bonds is 10. The van der Waals surface area contributed by atoms with Crippen LogP contribution in [0.2, 0.25) is 0 Å². The number of benzene rings is 3. The molecule has 1 heterocycles. The van der Waals surface area contributed by atoms with Crippen molar-refractivity contribution in [1.29, 1.82) is 0 Å². The van der Waals surface area contributed by atoms with Gasteiger partial charge in [-0.2, -0.15) is 0 Å². The summed E-state index contributed by atoms with van der Waals surface area (Å²) in [6.45, 7) is 3.66. The van der Waals surface area contributed by atoms with E-state index in [0.717, 1.165) is 54.7 Å². The van der Waals surface area contributed by atoms with Gasteiger partial charge in [0, 0.05) is 19.5 Å². The highest BCUT2D eigenvalue weighted by atomic mass is 16.1. The standard InChI is InChI=1S/C28H31N3O/c1-22-11-5-6-15-24(22)21-28(32)29-19-9-18-27-30-25-16-7-8-17-26(25)31(27)20-10-14-23-12-3-2-4-13-23/h2-8,11-13,15-17H,9-10,14,18-21H2,1H3,(H,29,32). The largest absolute Gasteiger partial charge is 0.356 e. The van der Waals surface area contributed by atoms with E-state index in [4.69, 9.17) is 4.98 Å². The molecule has 0 saturated carbocycles. The normalized spacial score (nSPS) is 11.0. The molecule has 0 fully saturated rings. The summed E-state index contributed by atoms with van der Waals surface area (Å²) in [5.74, 6) is 1.18. The number of nitrogens with one attached hydrogen (secondary N) is 1.